The van der Waals surface area contributed by atoms with Gasteiger partial charge in [-0.1, -0.05) is 6.92 Å². The molecule has 0 aliphatic carbocycles. The van der Waals surface area contributed by atoms with Gasteiger partial charge in [0.15, 0.2) is 11.6 Å². The molecule has 0 aromatic carbocycles. The van der Waals surface area contributed by atoms with E-state index in [1.54, 1.807) is 7.11 Å². The number of anilines is 2. The van der Waals surface area contributed by atoms with E-state index in [9.17, 15) is 0 Å². The largest absolute Gasteiger partial charge is 0.490 e. The molecule has 1 unspecified atom stereocenters. The van der Waals surface area contributed by atoms with Gasteiger partial charge in [0.1, 0.15) is 6.33 Å². The first-order chi connectivity index (χ1) is 8.27. The molecule has 1 fully saturated rings. The molecule has 6 heteroatoms. The van der Waals surface area contributed by atoms with E-state index < -0.39 is 0 Å². The summed E-state index contributed by atoms with van der Waals surface area (Å²) in [4.78, 5) is 10.4. The zero-order valence-electron chi connectivity index (χ0n) is 10.2. The number of rotatable bonds is 3. The van der Waals surface area contributed by atoms with Crippen molar-refractivity contribution in [3.05, 3.63) is 6.33 Å². The van der Waals surface area contributed by atoms with Crippen LogP contribution in [0.3, 0.4) is 0 Å². The summed E-state index contributed by atoms with van der Waals surface area (Å²) in [5, 5.41) is 0. The van der Waals surface area contributed by atoms with Crippen molar-refractivity contribution < 1.29 is 9.47 Å². The van der Waals surface area contributed by atoms with Crippen LogP contribution in [0.15, 0.2) is 6.33 Å². The Labute approximate surface area is 101 Å². The van der Waals surface area contributed by atoms with E-state index in [-0.39, 0.29) is 0 Å². The lowest BCUT2D eigenvalue weighted by atomic mass is 10.1. The van der Waals surface area contributed by atoms with E-state index in [0.717, 1.165) is 18.8 Å². The number of methoxy groups -OCH3 is 1. The second-order valence-electron chi connectivity index (χ2n) is 3.95. The molecule has 1 aromatic rings. The summed E-state index contributed by atoms with van der Waals surface area (Å²) in [5.41, 5.74) is 5.79. The van der Waals surface area contributed by atoms with Gasteiger partial charge < -0.3 is 20.1 Å². The second-order valence-corrected chi connectivity index (χ2v) is 3.95. The number of nitrogens with two attached hydrogens (primary N) is 1. The van der Waals surface area contributed by atoms with Gasteiger partial charge >= 0.3 is 0 Å². The number of hydrogen-bond donors (Lipinski definition) is 1. The summed E-state index contributed by atoms with van der Waals surface area (Å²) in [6, 6.07) is 0.312. The number of aromatic nitrogens is 2. The van der Waals surface area contributed by atoms with Gasteiger partial charge in [0.05, 0.1) is 26.4 Å². The minimum Gasteiger partial charge on any atom is -0.490 e. The number of nitrogens with zero attached hydrogens (tertiary/aromatic N) is 3. The van der Waals surface area contributed by atoms with Crippen LogP contribution in [0, 0.1) is 0 Å². The third-order valence-corrected chi connectivity index (χ3v) is 2.99. The van der Waals surface area contributed by atoms with Gasteiger partial charge in [0.25, 0.3) is 0 Å². The molecule has 6 nitrogen and oxygen atoms in total. The molecule has 0 radical (unpaired) electrons. The van der Waals surface area contributed by atoms with Gasteiger partial charge in [0, 0.05) is 6.54 Å². The van der Waals surface area contributed by atoms with Gasteiger partial charge in [-0.15, -0.1) is 0 Å². The summed E-state index contributed by atoms with van der Waals surface area (Å²) >= 11 is 0. The highest BCUT2D eigenvalue weighted by Gasteiger charge is 2.26. The standard InChI is InChI=1S/C11H18N4O2/c1-3-8-6-17-5-4-15(8)11-9(16-2)10(12)13-7-14-11/h7-8H,3-6H2,1-2H3,(H2,12,13,14). The highest BCUT2D eigenvalue weighted by molar-refractivity contribution is 5.63. The van der Waals surface area contributed by atoms with Crippen molar-refractivity contribution in [1.29, 1.82) is 0 Å². The fraction of sp³-hybridized carbons (Fsp3) is 0.636. The first-order valence-corrected chi connectivity index (χ1v) is 5.76. The maximum absolute atomic E-state index is 5.79. The van der Waals surface area contributed by atoms with Crippen molar-refractivity contribution in [2.24, 2.45) is 0 Å². The molecular formula is C11H18N4O2. The third-order valence-electron chi connectivity index (χ3n) is 2.99. The van der Waals surface area contributed by atoms with Gasteiger partial charge in [-0.25, -0.2) is 9.97 Å². The Morgan fingerprint density at radius 2 is 2.41 bits per heavy atom. The predicted octanol–water partition coefficient (Wildman–Crippen LogP) is 0.683. The van der Waals surface area contributed by atoms with Crippen LogP contribution < -0.4 is 15.4 Å². The van der Waals surface area contributed by atoms with Crippen LogP contribution >= 0.6 is 0 Å². The van der Waals surface area contributed by atoms with Gasteiger partial charge in [-0.2, -0.15) is 0 Å². The normalized spacial score (nSPS) is 20.4. The van der Waals surface area contributed by atoms with Crippen molar-refractivity contribution in [3.8, 4) is 5.75 Å². The van der Waals surface area contributed by atoms with Crippen LogP contribution in [0.1, 0.15) is 13.3 Å². The molecular weight excluding hydrogens is 220 g/mol. The molecule has 2 heterocycles. The average molecular weight is 238 g/mol. The Kier molecular flexibility index (Phi) is 3.63. The SMILES string of the molecule is CCC1COCCN1c1ncnc(N)c1OC. The summed E-state index contributed by atoms with van der Waals surface area (Å²) in [6.45, 7) is 4.34. The van der Waals surface area contributed by atoms with E-state index in [2.05, 4.69) is 21.8 Å². The molecule has 17 heavy (non-hydrogen) atoms. The Bertz CT molecular complexity index is 386. The van der Waals surface area contributed by atoms with Crippen molar-refractivity contribution >= 4 is 11.6 Å². The van der Waals surface area contributed by atoms with E-state index >= 15 is 0 Å². The fourth-order valence-corrected chi connectivity index (χ4v) is 2.05. The van der Waals surface area contributed by atoms with Crippen LogP contribution in [-0.2, 0) is 4.74 Å². The molecule has 1 aliphatic rings. The van der Waals surface area contributed by atoms with Gasteiger partial charge in [-0.3, -0.25) is 0 Å². The molecule has 1 aromatic heterocycles. The van der Waals surface area contributed by atoms with Crippen LogP contribution in [0.5, 0.6) is 5.75 Å². The Balaban J connectivity index is 2.34. The summed E-state index contributed by atoms with van der Waals surface area (Å²) in [5.74, 6) is 1.68. The van der Waals surface area contributed by atoms with Crippen LogP contribution in [0.2, 0.25) is 0 Å². The van der Waals surface area contributed by atoms with E-state index in [1.807, 2.05) is 0 Å². The smallest absolute Gasteiger partial charge is 0.204 e. The molecule has 1 saturated heterocycles. The van der Waals surface area contributed by atoms with Crippen LogP contribution in [0.25, 0.3) is 0 Å². The van der Waals surface area contributed by atoms with Gasteiger partial charge in [0.2, 0.25) is 5.75 Å². The quantitative estimate of drug-likeness (QED) is 0.835. The van der Waals surface area contributed by atoms with E-state index in [1.165, 1.54) is 6.33 Å². The Hall–Kier alpha value is -1.56. The second kappa shape index (κ2) is 5.18. The molecule has 94 valence electrons. The molecule has 0 spiro atoms. The summed E-state index contributed by atoms with van der Waals surface area (Å²) in [7, 11) is 1.58. The van der Waals surface area contributed by atoms with Crippen LogP contribution in [-0.4, -0.2) is 42.9 Å². The topological polar surface area (TPSA) is 73.5 Å². The highest BCUT2D eigenvalue weighted by atomic mass is 16.5. The Morgan fingerprint density at radius 3 is 3.12 bits per heavy atom. The van der Waals surface area contributed by atoms with Crippen molar-refractivity contribution in [2.45, 2.75) is 19.4 Å². The lowest BCUT2D eigenvalue weighted by Gasteiger charge is -2.36. The lowest BCUT2D eigenvalue weighted by molar-refractivity contribution is 0.0922. The molecule has 0 saturated carbocycles. The van der Waals surface area contributed by atoms with Gasteiger partial charge in [-0.05, 0) is 6.42 Å². The number of hydrogen-bond acceptors (Lipinski definition) is 6. The Morgan fingerprint density at radius 1 is 1.59 bits per heavy atom. The van der Waals surface area contributed by atoms with Crippen LogP contribution in [0.4, 0.5) is 11.6 Å². The summed E-state index contributed by atoms with van der Waals surface area (Å²) < 4.78 is 10.8. The molecule has 0 amide bonds. The average Bonchev–Trinajstić information content (AvgIpc) is 2.38. The zero-order chi connectivity index (χ0) is 12.3. The number of ether oxygens (including phenoxy) is 2. The maximum atomic E-state index is 5.79. The first-order valence-electron chi connectivity index (χ1n) is 5.76. The molecule has 1 atom stereocenters. The fourth-order valence-electron chi connectivity index (χ4n) is 2.05. The lowest BCUT2D eigenvalue weighted by Crippen LogP contribution is -2.45. The first kappa shape index (κ1) is 11.9. The van der Waals surface area contributed by atoms with E-state index in [4.69, 9.17) is 15.2 Å². The minimum atomic E-state index is 0.312. The molecule has 0 bridgehead atoms. The van der Waals surface area contributed by atoms with Crippen molar-refractivity contribution in [3.63, 3.8) is 0 Å². The molecule has 1 aliphatic heterocycles. The number of nitrogen functional groups attached to an aromatic ring is 1. The molecule has 2 rings (SSSR count). The number of morpholine rings is 1. The van der Waals surface area contributed by atoms with Crippen molar-refractivity contribution in [1.82, 2.24) is 9.97 Å². The zero-order valence-corrected chi connectivity index (χ0v) is 10.2. The minimum absolute atomic E-state index is 0.312. The summed E-state index contributed by atoms with van der Waals surface area (Å²) in [6.07, 6.45) is 2.46. The highest BCUT2D eigenvalue weighted by Crippen LogP contribution is 2.32. The van der Waals surface area contributed by atoms with Crippen molar-refractivity contribution in [2.75, 3.05) is 37.5 Å². The third kappa shape index (κ3) is 2.26. The predicted molar refractivity (Wildman–Crippen MR) is 65.2 cm³/mol. The monoisotopic (exact) mass is 238 g/mol. The van der Waals surface area contributed by atoms with E-state index in [0.29, 0.717) is 30.8 Å². The maximum Gasteiger partial charge on any atom is 0.204 e. The molecule has 2 N–H and O–H groups in total.